The first-order valence-corrected chi connectivity index (χ1v) is 11.6. The average molecular weight is 520 g/mol. The number of nitriles is 1. The van der Waals surface area contributed by atoms with E-state index in [-0.39, 0.29) is 23.2 Å². The van der Waals surface area contributed by atoms with E-state index in [4.69, 9.17) is 18.6 Å². The van der Waals surface area contributed by atoms with E-state index < -0.39 is 4.92 Å². The third-order valence-corrected chi connectivity index (χ3v) is 6.00. The van der Waals surface area contributed by atoms with Crippen molar-refractivity contribution in [3.8, 4) is 23.3 Å². The van der Waals surface area contributed by atoms with Gasteiger partial charge in [-0.05, 0) is 23.8 Å². The number of nitrogens with zero attached hydrogens (tertiary/aromatic N) is 5. The molecule has 1 fully saturated rings. The Kier molecular flexibility index (Phi) is 7.77. The van der Waals surface area contributed by atoms with Crippen LogP contribution in [0.1, 0.15) is 27.5 Å². The molecular formula is C26H25N5O7. The lowest BCUT2D eigenvalue weighted by Gasteiger charge is -2.34. The van der Waals surface area contributed by atoms with E-state index in [1.165, 1.54) is 33.5 Å². The van der Waals surface area contributed by atoms with Gasteiger partial charge in [-0.1, -0.05) is 12.1 Å². The van der Waals surface area contributed by atoms with Crippen LogP contribution in [0.3, 0.4) is 0 Å². The minimum absolute atomic E-state index is 0.0306. The van der Waals surface area contributed by atoms with Crippen molar-refractivity contribution >= 4 is 29.6 Å². The molecule has 2 aromatic carbocycles. The number of rotatable bonds is 8. The van der Waals surface area contributed by atoms with Crippen molar-refractivity contribution in [2.45, 2.75) is 0 Å². The standard InChI is InChI=1S/C26H25N5O7/c1-35-21-14-18(15-22(36-2)24(21)37-3)25(32)29-9-11-30(12-10-29)26-20(16-27)28-23(38-26)8-7-17-5-4-6-19(13-17)31(33)34/h4-8,13-15H,9-12H2,1-3H3/b8-7+. The van der Waals surface area contributed by atoms with Gasteiger partial charge in [0.25, 0.3) is 11.6 Å². The number of hydrogen-bond donors (Lipinski definition) is 0. The topological polar surface area (TPSA) is 144 Å². The van der Waals surface area contributed by atoms with E-state index in [2.05, 4.69) is 4.98 Å². The molecule has 1 saturated heterocycles. The van der Waals surface area contributed by atoms with Crippen LogP contribution >= 0.6 is 0 Å². The molecular weight excluding hydrogens is 494 g/mol. The van der Waals surface area contributed by atoms with Crippen LogP contribution in [-0.2, 0) is 0 Å². The molecule has 1 amide bonds. The summed E-state index contributed by atoms with van der Waals surface area (Å²) in [5.74, 6) is 1.49. The molecule has 196 valence electrons. The van der Waals surface area contributed by atoms with Crippen LogP contribution < -0.4 is 19.1 Å². The number of methoxy groups -OCH3 is 3. The van der Waals surface area contributed by atoms with Crippen LogP contribution in [0.2, 0.25) is 0 Å². The predicted molar refractivity (Wildman–Crippen MR) is 137 cm³/mol. The lowest BCUT2D eigenvalue weighted by atomic mass is 10.1. The zero-order chi connectivity index (χ0) is 27.2. The normalized spacial score (nSPS) is 13.3. The Labute approximate surface area is 218 Å². The minimum Gasteiger partial charge on any atom is -0.493 e. The maximum Gasteiger partial charge on any atom is 0.270 e. The fourth-order valence-electron chi connectivity index (χ4n) is 4.10. The molecule has 4 rings (SSSR count). The highest BCUT2D eigenvalue weighted by molar-refractivity contribution is 5.96. The number of aromatic nitrogens is 1. The quantitative estimate of drug-likeness (QED) is 0.320. The van der Waals surface area contributed by atoms with Crippen LogP contribution in [0.4, 0.5) is 11.6 Å². The maximum absolute atomic E-state index is 13.2. The van der Waals surface area contributed by atoms with Gasteiger partial charge in [0, 0.05) is 50.0 Å². The zero-order valence-corrected chi connectivity index (χ0v) is 21.0. The molecule has 3 aromatic rings. The number of carbonyl (C=O) groups is 1. The monoisotopic (exact) mass is 519 g/mol. The van der Waals surface area contributed by atoms with Gasteiger partial charge >= 0.3 is 0 Å². The summed E-state index contributed by atoms with van der Waals surface area (Å²) in [4.78, 5) is 31.5. The molecule has 1 aliphatic rings. The molecule has 1 aliphatic heterocycles. The predicted octanol–water partition coefficient (Wildman–Crippen LogP) is 3.61. The van der Waals surface area contributed by atoms with Gasteiger partial charge in [-0.15, -0.1) is 0 Å². The second kappa shape index (κ2) is 11.3. The molecule has 12 heteroatoms. The molecule has 0 N–H and O–H groups in total. The van der Waals surface area contributed by atoms with Gasteiger partial charge in [0.2, 0.25) is 23.2 Å². The summed E-state index contributed by atoms with van der Waals surface area (Å²) in [6, 6.07) is 11.4. The molecule has 2 heterocycles. The number of oxazole rings is 1. The molecule has 12 nitrogen and oxygen atoms in total. The van der Waals surface area contributed by atoms with Crippen molar-refractivity contribution in [3.05, 3.63) is 69.2 Å². The maximum atomic E-state index is 13.2. The van der Waals surface area contributed by atoms with Crippen molar-refractivity contribution in [2.24, 2.45) is 0 Å². The summed E-state index contributed by atoms with van der Waals surface area (Å²) in [7, 11) is 4.47. The first kappa shape index (κ1) is 26.0. The van der Waals surface area contributed by atoms with Gasteiger partial charge in [0.05, 0.1) is 26.3 Å². The highest BCUT2D eigenvalue weighted by atomic mass is 16.6. The molecule has 0 bridgehead atoms. The summed E-state index contributed by atoms with van der Waals surface area (Å²) in [6.07, 6.45) is 3.17. The smallest absolute Gasteiger partial charge is 0.270 e. The second-order valence-corrected chi connectivity index (χ2v) is 8.20. The van der Waals surface area contributed by atoms with E-state index in [1.807, 2.05) is 11.0 Å². The van der Waals surface area contributed by atoms with Gasteiger partial charge in [-0.25, -0.2) is 0 Å². The van der Waals surface area contributed by atoms with E-state index in [0.29, 0.717) is 60.4 Å². The van der Waals surface area contributed by atoms with E-state index in [0.717, 1.165) is 0 Å². The summed E-state index contributed by atoms with van der Waals surface area (Å²) >= 11 is 0. The number of amides is 1. The molecule has 38 heavy (non-hydrogen) atoms. The van der Waals surface area contributed by atoms with Gasteiger partial charge < -0.3 is 28.4 Å². The summed E-state index contributed by atoms with van der Waals surface area (Å²) in [6.45, 7) is 1.63. The van der Waals surface area contributed by atoms with Crippen LogP contribution in [0.25, 0.3) is 12.2 Å². The fourth-order valence-corrected chi connectivity index (χ4v) is 4.10. The summed E-state index contributed by atoms with van der Waals surface area (Å²) < 4.78 is 21.9. The summed E-state index contributed by atoms with van der Waals surface area (Å²) in [5, 5.41) is 20.6. The van der Waals surface area contributed by atoms with Gasteiger partial charge in [-0.2, -0.15) is 10.2 Å². The molecule has 0 unspecified atom stereocenters. The number of anilines is 1. The Morgan fingerprint density at radius 2 is 1.76 bits per heavy atom. The number of hydrogen-bond acceptors (Lipinski definition) is 10. The molecule has 0 saturated carbocycles. The first-order valence-electron chi connectivity index (χ1n) is 11.6. The van der Waals surface area contributed by atoms with E-state index in [1.54, 1.807) is 41.3 Å². The zero-order valence-electron chi connectivity index (χ0n) is 21.0. The largest absolute Gasteiger partial charge is 0.493 e. The molecule has 0 aliphatic carbocycles. The fraction of sp³-hybridized carbons (Fsp3) is 0.269. The minimum atomic E-state index is -0.472. The Hall–Kier alpha value is -5.05. The van der Waals surface area contributed by atoms with Gasteiger partial charge in [-0.3, -0.25) is 14.9 Å². The Morgan fingerprint density at radius 1 is 1.08 bits per heavy atom. The number of piperazine rings is 1. The SMILES string of the molecule is COc1cc(C(=O)N2CCN(c3oc(/C=C/c4cccc([N+](=O)[O-])c4)nc3C#N)CC2)cc(OC)c1OC. The number of ether oxygens (including phenoxy) is 3. The number of carbonyl (C=O) groups excluding carboxylic acids is 1. The molecule has 0 radical (unpaired) electrons. The van der Waals surface area contributed by atoms with Crippen LogP contribution in [-0.4, -0.2) is 68.2 Å². The third-order valence-electron chi connectivity index (χ3n) is 6.00. The lowest BCUT2D eigenvalue weighted by Crippen LogP contribution is -2.48. The van der Waals surface area contributed by atoms with Gasteiger partial charge in [0.15, 0.2) is 11.5 Å². The van der Waals surface area contributed by atoms with Crippen molar-refractivity contribution in [2.75, 3.05) is 52.4 Å². The van der Waals surface area contributed by atoms with Crippen molar-refractivity contribution < 1.29 is 28.3 Å². The number of non-ortho nitro benzene ring substituents is 1. The highest BCUT2D eigenvalue weighted by Crippen LogP contribution is 2.38. The average Bonchev–Trinajstić information content (AvgIpc) is 3.38. The summed E-state index contributed by atoms with van der Waals surface area (Å²) in [5.41, 5.74) is 1.08. The Morgan fingerprint density at radius 3 is 2.34 bits per heavy atom. The molecule has 0 spiro atoms. The van der Waals surface area contributed by atoms with Crippen molar-refractivity contribution in [1.82, 2.24) is 9.88 Å². The second-order valence-electron chi connectivity index (χ2n) is 8.20. The molecule has 1 aromatic heterocycles. The van der Waals surface area contributed by atoms with Gasteiger partial charge in [0.1, 0.15) is 6.07 Å². The lowest BCUT2D eigenvalue weighted by molar-refractivity contribution is -0.384. The highest BCUT2D eigenvalue weighted by Gasteiger charge is 2.28. The van der Waals surface area contributed by atoms with E-state index in [9.17, 15) is 20.2 Å². The van der Waals surface area contributed by atoms with Crippen molar-refractivity contribution in [3.63, 3.8) is 0 Å². The van der Waals surface area contributed by atoms with E-state index >= 15 is 0 Å². The third kappa shape index (κ3) is 5.36. The van der Waals surface area contributed by atoms with Crippen LogP contribution in [0.5, 0.6) is 17.2 Å². The Bertz CT molecular complexity index is 1390. The Balaban J connectivity index is 1.46. The number of nitro groups is 1. The first-order chi connectivity index (χ1) is 18.4. The van der Waals surface area contributed by atoms with Crippen molar-refractivity contribution in [1.29, 1.82) is 5.26 Å². The number of nitro benzene ring substituents is 1. The van der Waals surface area contributed by atoms with Crippen LogP contribution in [0.15, 0.2) is 40.8 Å². The molecule has 0 atom stereocenters. The van der Waals surface area contributed by atoms with Crippen LogP contribution in [0, 0.1) is 21.4 Å². The number of benzene rings is 2.